The van der Waals surface area contributed by atoms with Gasteiger partial charge in [0.15, 0.2) is 0 Å². The van der Waals surface area contributed by atoms with E-state index in [1.54, 1.807) is 36.3 Å². The zero-order valence-electron chi connectivity index (χ0n) is 12.4. The fourth-order valence-corrected chi connectivity index (χ4v) is 1.91. The molecule has 0 unspecified atom stereocenters. The van der Waals surface area contributed by atoms with Gasteiger partial charge in [0, 0.05) is 20.2 Å². The van der Waals surface area contributed by atoms with E-state index in [0.29, 0.717) is 19.7 Å². The number of phenolic OH excluding ortho intramolecular Hbond substituents is 1. The number of rotatable bonds is 7. The first-order chi connectivity index (χ1) is 9.58. The van der Waals surface area contributed by atoms with Gasteiger partial charge in [0.05, 0.1) is 12.6 Å². The molecule has 5 heteroatoms. The summed E-state index contributed by atoms with van der Waals surface area (Å²) in [6.07, 6.45) is 0.907. The van der Waals surface area contributed by atoms with Crippen molar-refractivity contribution in [3.63, 3.8) is 0 Å². The first-order valence-electron chi connectivity index (χ1n) is 6.91. The number of nitrogens with zero attached hydrogens (tertiary/aromatic N) is 1. The molecule has 0 aromatic heterocycles. The molecule has 20 heavy (non-hydrogen) atoms. The first-order valence-corrected chi connectivity index (χ1v) is 6.91. The van der Waals surface area contributed by atoms with Gasteiger partial charge in [0.2, 0.25) is 0 Å². The second-order valence-corrected chi connectivity index (χ2v) is 4.74. The van der Waals surface area contributed by atoms with Crippen LogP contribution in [0.5, 0.6) is 5.75 Å². The zero-order chi connectivity index (χ0) is 15.0. The summed E-state index contributed by atoms with van der Waals surface area (Å²) in [6.45, 7) is 5.78. The maximum absolute atomic E-state index is 12.2. The molecule has 1 aromatic carbocycles. The van der Waals surface area contributed by atoms with E-state index in [2.05, 4.69) is 5.32 Å². The molecule has 0 heterocycles. The number of urea groups is 1. The summed E-state index contributed by atoms with van der Waals surface area (Å²) in [5.74, 6) is 0.222. The molecule has 112 valence electrons. The number of hydrogen-bond donors (Lipinski definition) is 2. The van der Waals surface area contributed by atoms with Gasteiger partial charge in [-0.15, -0.1) is 0 Å². The Morgan fingerprint density at radius 1 is 1.35 bits per heavy atom. The zero-order valence-corrected chi connectivity index (χ0v) is 12.4. The van der Waals surface area contributed by atoms with E-state index in [4.69, 9.17) is 4.74 Å². The summed E-state index contributed by atoms with van der Waals surface area (Å²) in [7, 11) is 1.63. The quantitative estimate of drug-likeness (QED) is 0.806. The molecule has 0 aliphatic carbocycles. The minimum absolute atomic E-state index is 0.0931. The third-order valence-electron chi connectivity index (χ3n) is 3.08. The number of carbonyl (C=O) groups is 1. The van der Waals surface area contributed by atoms with Crippen molar-refractivity contribution in [2.45, 2.75) is 26.3 Å². The lowest BCUT2D eigenvalue weighted by Gasteiger charge is -2.24. The van der Waals surface area contributed by atoms with Crippen molar-refractivity contribution in [3.8, 4) is 5.75 Å². The van der Waals surface area contributed by atoms with Crippen LogP contribution < -0.4 is 5.32 Å². The fourth-order valence-electron chi connectivity index (χ4n) is 1.91. The van der Waals surface area contributed by atoms with Crippen LogP contribution in [-0.4, -0.2) is 42.8 Å². The molecule has 2 amide bonds. The SMILES string of the molecule is CCCN(CCOC)C(=O)N[C@@H](C)c1ccc(O)cc1. The monoisotopic (exact) mass is 280 g/mol. The Kier molecular flexibility index (Phi) is 6.87. The summed E-state index contributed by atoms with van der Waals surface area (Å²) in [6, 6.07) is 6.65. The van der Waals surface area contributed by atoms with Crippen molar-refractivity contribution < 1.29 is 14.6 Å². The van der Waals surface area contributed by atoms with E-state index in [1.807, 2.05) is 13.8 Å². The number of aromatic hydroxyl groups is 1. The predicted octanol–water partition coefficient (Wildman–Crippen LogP) is 2.52. The van der Waals surface area contributed by atoms with E-state index in [0.717, 1.165) is 12.0 Å². The number of carbonyl (C=O) groups excluding carboxylic acids is 1. The smallest absolute Gasteiger partial charge is 0.317 e. The summed E-state index contributed by atoms with van der Waals surface area (Å²) in [5.41, 5.74) is 0.958. The van der Waals surface area contributed by atoms with Gasteiger partial charge in [0.1, 0.15) is 5.75 Å². The predicted molar refractivity (Wildman–Crippen MR) is 78.8 cm³/mol. The van der Waals surface area contributed by atoms with Crippen LogP contribution >= 0.6 is 0 Å². The van der Waals surface area contributed by atoms with Crippen LogP contribution in [-0.2, 0) is 4.74 Å². The first kappa shape index (κ1) is 16.3. The molecule has 1 rings (SSSR count). The number of ether oxygens (including phenoxy) is 1. The van der Waals surface area contributed by atoms with Crippen molar-refractivity contribution in [1.29, 1.82) is 0 Å². The Bertz CT molecular complexity index is 406. The van der Waals surface area contributed by atoms with Crippen LogP contribution in [0.25, 0.3) is 0 Å². The van der Waals surface area contributed by atoms with E-state index in [-0.39, 0.29) is 17.8 Å². The lowest BCUT2D eigenvalue weighted by Crippen LogP contribution is -2.43. The summed E-state index contributed by atoms with van der Waals surface area (Å²) < 4.78 is 5.02. The van der Waals surface area contributed by atoms with Gasteiger partial charge in [0.25, 0.3) is 0 Å². The highest BCUT2D eigenvalue weighted by Crippen LogP contribution is 2.16. The highest BCUT2D eigenvalue weighted by Gasteiger charge is 2.15. The van der Waals surface area contributed by atoms with Gasteiger partial charge >= 0.3 is 6.03 Å². The molecule has 0 saturated heterocycles. The van der Waals surface area contributed by atoms with Gasteiger partial charge in [-0.05, 0) is 31.0 Å². The average molecular weight is 280 g/mol. The third-order valence-corrected chi connectivity index (χ3v) is 3.08. The minimum atomic E-state index is -0.106. The molecular formula is C15H24N2O3. The van der Waals surface area contributed by atoms with Gasteiger partial charge in [-0.3, -0.25) is 0 Å². The van der Waals surface area contributed by atoms with Crippen molar-refractivity contribution in [3.05, 3.63) is 29.8 Å². The highest BCUT2D eigenvalue weighted by molar-refractivity contribution is 5.74. The molecule has 0 aliphatic heterocycles. The molecule has 1 atom stereocenters. The molecule has 1 aromatic rings. The van der Waals surface area contributed by atoms with Gasteiger partial charge in [-0.1, -0.05) is 19.1 Å². The largest absolute Gasteiger partial charge is 0.508 e. The normalized spacial score (nSPS) is 11.9. The molecule has 0 saturated carbocycles. The second-order valence-electron chi connectivity index (χ2n) is 4.74. The van der Waals surface area contributed by atoms with Gasteiger partial charge < -0.3 is 20.1 Å². The van der Waals surface area contributed by atoms with Crippen molar-refractivity contribution in [1.82, 2.24) is 10.2 Å². The number of methoxy groups -OCH3 is 1. The summed E-state index contributed by atoms with van der Waals surface area (Å²) in [4.78, 5) is 13.9. The van der Waals surface area contributed by atoms with Gasteiger partial charge in [-0.2, -0.15) is 0 Å². The Morgan fingerprint density at radius 2 is 2.00 bits per heavy atom. The van der Waals surface area contributed by atoms with E-state index in [9.17, 15) is 9.90 Å². The molecule has 0 fully saturated rings. The molecule has 5 nitrogen and oxygen atoms in total. The maximum Gasteiger partial charge on any atom is 0.317 e. The lowest BCUT2D eigenvalue weighted by molar-refractivity contribution is 0.148. The second kappa shape index (κ2) is 8.43. The van der Waals surface area contributed by atoms with Crippen LogP contribution in [0.15, 0.2) is 24.3 Å². The highest BCUT2D eigenvalue weighted by atomic mass is 16.5. The van der Waals surface area contributed by atoms with E-state index in [1.165, 1.54) is 0 Å². The minimum Gasteiger partial charge on any atom is -0.508 e. The Morgan fingerprint density at radius 3 is 2.55 bits per heavy atom. The number of benzene rings is 1. The van der Waals surface area contributed by atoms with Crippen LogP contribution in [0.1, 0.15) is 31.9 Å². The van der Waals surface area contributed by atoms with Crippen LogP contribution in [0.3, 0.4) is 0 Å². The third kappa shape index (κ3) is 5.09. The Labute approximate surface area is 120 Å². The molecule has 0 radical (unpaired) electrons. The van der Waals surface area contributed by atoms with E-state index >= 15 is 0 Å². The number of phenols is 1. The molecule has 0 bridgehead atoms. The standard InChI is InChI=1S/C15H24N2O3/c1-4-9-17(10-11-20-3)15(19)16-12(2)13-5-7-14(18)8-6-13/h5-8,12,18H,4,9-11H2,1-3H3,(H,16,19)/t12-/m0/s1. The number of nitrogens with one attached hydrogen (secondary N) is 1. The topological polar surface area (TPSA) is 61.8 Å². The Balaban J connectivity index is 2.59. The van der Waals surface area contributed by atoms with Crippen LogP contribution in [0.4, 0.5) is 4.79 Å². The van der Waals surface area contributed by atoms with Crippen LogP contribution in [0.2, 0.25) is 0 Å². The summed E-state index contributed by atoms with van der Waals surface area (Å²) in [5, 5.41) is 12.2. The molecule has 0 spiro atoms. The fraction of sp³-hybridized carbons (Fsp3) is 0.533. The summed E-state index contributed by atoms with van der Waals surface area (Å²) >= 11 is 0. The van der Waals surface area contributed by atoms with Crippen molar-refractivity contribution in [2.75, 3.05) is 26.8 Å². The average Bonchev–Trinajstić information content (AvgIpc) is 2.43. The van der Waals surface area contributed by atoms with Crippen molar-refractivity contribution in [2.24, 2.45) is 0 Å². The molecule has 2 N–H and O–H groups in total. The van der Waals surface area contributed by atoms with Crippen molar-refractivity contribution >= 4 is 6.03 Å². The number of amides is 2. The number of hydrogen-bond acceptors (Lipinski definition) is 3. The van der Waals surface area contributed by atoms with E-state index < -0.39 is 0 Å². The maximum atomic E-state index is 12.2. The lowest BCUT2D eigenvalue weighted by atomic mass is 10.1. The molecular weight excluding hydrogens is 256 g/mol. The molecule has 0 aliphatic rings. The van der Waals surface area contributed by atoms with Crippen LogP contribution in [0, 0.1) is 0 Å². The Hall–Kier alpha value is -1.75. The van der Waals surface area contributed by atoms with Gasteiger partial charge in [-0.25, -0.2) is 4.79 Å².